The van der Waals surface area contributed by atoms with Crippen molar-refractivity contribution in [2.75, 3.05) is 18.2 Å². The molecule has 1 aliphatic heterocycles. The maximum absolute atomic E-state index is 6.19. The molecule has 26 heavy (non-hydrogen) atoms. The van der Waals surface area contributed by atoms with E-state index < -0.39 is 0 Å². The molecule has 0 spiro atoms. The molecule has 0 saturated carbocycles. The number of ether oxygens (including phenoxy) is 2. The second-order valence-electron chi connectivity index (χ2n) is 5.64. The SMILES string of the molecule is CCOc1ccc(C2Nc3ccccc3-c3nnc(SC)nc3O2)cc1. The summed E-state index contributed by atoms with van der Waals surface area (Å²) in [6.45, 7) is 2.60. The van der Waals surface area contributed by atoms with Crippen molar-refractivity contribution in [3.63, 3.8) is 0 Å². The summed E-state index contributed by atoms with van der Waals surface area (Å²) in [5, 5.41) is 12.5. The first-order chi connectivity index (χ1) is 12.8. The highest BCUT2D eigenvalue weighted by molar-refractivity contribution is 7.98. The van der Waals surface area contributed by atoms with Gasteiger partial charge >= 0.3 is 0 Å². The first-order valence-electron chi connectivity index (χ1n) is 8.32. The topological polar surface area (TPSA) is 69.2 Å². The van der Waals surface area contributed by atoms with Gasteiger partial charge in [0.25, 0.3) is 0 Å². The fraction of sp³-hybridized carbons (Fsp3) is 0.211. The van der Waals surface area contributed by atoms with Crippen LogP contribution in [-0.2, 0) is 0 Å². The van der Waals surface area contributed by atoms with Gasteiger partial charge in [-0.3, -0.25) is 0 Å². The average molecular weight is 366 g/mol. The minimum atomic E-state index is -0.389. The van der Waals surface area contributed by atoms with Gasteiger partial charge in [0.2, 0.25) is 11.0 Å². The van der Waals surface area contributed by atoms with Crippen LogP contribution in [0.15, 0.2) is 53.7 Å². The number of nitrogens with one attached hydrogen (secondary N) is 1. The lowest BCUT2D eigenvalue weighted by atomic mass is 10.1. The fourth-order valence-electron chi connectivity index (χ4n) is 2.79. The van der Waals surface area contributed by atoms with Crippen molar-refractivity contribution in [2.24, 2.45) is 0 Å². The number of anilines is 1. The van der Waals surface area contributed by atoms with E-state index in [4.69, 9.17) is 9.47 Å². The van der Waals surface area contributed by atoms with Gasteiger partial charge in [-0.1, -0.05) is 30.0 Å². The molecule has 2 aromatic carbocycles. The first-order valence-corrected chi connectivity index (χ1v) is 9.55. The Morgan fingerprint density at radius 2 is 1.92 bits per heavy atom. The van der Waals surface area contributed by atoms with Gasteiger partial charge in [-0.25, -0.2) is 0 Å². The number of benzene rings is 2. The number of hydrogen-bond donors (Lipinski definition) is 1. The van der Waals surface area contributed by atoms with Crippen molar-refractivity contribution in [1.82, 2.24) is 15.2 Å². The smallest absolute Gasteiger partial charge is 0.247 e. The number of hydrogen-bond acceptors (Lipinski definition) is 7. The molecule has 3 aromatic rings. The molecule has 1 unspecified atom stereocenters. The average Bonchev–Trinajstić information content (AvgIpc) is 2.85. The van der Waals surface area contributed by atoms with Gasteiger partial charge in [0.05, 0.1) is 6.61 Å². The Hall–Kier alpha value is -2.80. The summed E-state index contributed by atoms with van der Waals surface area (Å²) in [6.07, 6.45) is 1.52. The second kappa shape index (κ2) is 7.21. The molecule has 0 radical (unpaired) electrons. The van der Waals surface area contributed by atoms with E-state index >= 15 is 0 Å². The van der Waals surface area contributed by atoms with Crippen molar-refractivity contribution in [1.29, 1.82) is 0 Å². The molecular weight excluding hydrogens is 348 g/mol. The van der Waals surface area contributed by atoms with Crippen molar-refractivity contribution in [3.05, 3.63) is 54.1 Å². The normalized spacial score (nSPS) is 15.1. The molecule has 1 aromatic heterocycles. The van der Waals surface area contributed by atoms with Gasteiger partial charge in [-0.15, -0.1) is 10.2 Å². The molecule has 0 amide bonds. The molecule has 1 aliphatic rings. The van der Waals surface area contributed by atoms with Crippen molar-refractivity contribution < 1.29 is 9.47 Å². The van der Waals surface area contributed by atoms with E-state index in [2.05, 4.69) is 20.5 Å². The number of nitrogens with zero attached hydrogens (tertiary/aromatic N) is 3. The Morgan fingerprint density at radius 1 is 1.12 bits per heavy atom. The van der Waals surface area contributed by atoms with Crippen LogP contribution in [0.3, 0.4) is 0 Å². The van der Waals surface area contributed by atoms with E-state index in [1.807, 2.05) is 61.7 Å². The highest BCUT2D eigenvalue weighted by Crippen LogP contribution is 2.39. The number of para-hydroxylation sites is 1. The van der Waals surface area contributed by atoms with E-state index in [9.17, 15) is 0 Å². The van der Waals surface area contributed by atoms with E-state index in [-0.39, 0.29) is 6.23 Å². The lowest BCUT2D eigenvalue weighted by Crippen LogP contribution is -2.17. The lowest BCUT2D eigenvalue weighted by molar-refractivity contribution is 0.225. The standard InChI is InChI=1S/C19H18N4O2S/c1-3-24-13-10-8-12(9-11-13)17-20-15-7-5-4-6-14(15)16-18(25-17)21-19(26-2)23-22-16/h4-11,17,20H,3H2,1-2H3. The summed E-state index contributed by atoms with van der Waals surface area (Å²) in [6, 6.07) is 15.8. The van der Waals surface area contributed by atoms with Crippen LogP contribution in [0.1, 0.15) is 18.7 Å². The zero-order valence-electron chi connectivity index (χ0n) is 14.5. The number of aromatic nitrogens is 3. The Labute approximate surface area is 156 Å². The van der Waals surface area contributed by atoms with Gasteiger partial charge in [0.1, 0.15) is 5.75 Å². The third-order valence-electron chi connectivity index (χ3n) is 4.01. The summed E-state index contributed by atoms with van der Waals surface area (Å²) in [4.78, 5) is 4.52. The van der Waals surface area contributed by atoms with Crippen LogP contribution in [0.2, 0.25) is 0 Å². The Morgan fingerprint density at radius 3 is 2.69 bits per heavy atom. The minimum Gasteiger partial charge on any atom is -0.494 e. The Balaban J connectivity index is 1.76. The molecule has 7 heteroatoms. The van der Waals surface area contributed by atoms with Gasteiger partial charge < -0.3 is 14.8 Å². The van der Waals surface area contributed by atoms with Crippen molar-refractivity contribution in [3.8, 4) is 22.9 Å². The Kier molecular flexibility index (Phi) is 4.62. The van der Waals surface area contributed by atoms with Crippen LogP contribution in [0.25, 0.3) is 11.3 Å². The van der Waals surface area contributed by atoms with Crippen LogP contribution >= 0.6 is 11.8 Å². The predicted octanol–water partition coefficient (Wildman–Crippen LogP) is 4.16. The summed E-state index contributed by atoms with van der Waals surface area (Å²) >= 11 is 1.43. The van der Waals surface area contributed by atoms with E-state index in [0.29, 0.717) is 23.3 Å². The molecule has 132 valence electrons. The quantitative estimate of drug-likeness (QED) is 0.695. The molecule has 0 saturated heterocycles. The highest BCUT2D eigenvalue weighted by Gasteiger charge is 2.25. The van der Waals surface area contributed by atoms with Crippen LogP contribution in [0.4, 0.5) is 5.69 Å². The Bertz CT molecular complexity index is 918. The number of fused-ring (bicyclic) bond motifs is 3. The van der Waals surface area contributed by atoms with E-state index in [0.717, 1.165) is 22.6 Å². The molecule has 0 aliphatic carbocycles. The third-order valence-corrected chi connectivity index (χ3v) is 4.55. The second-order valence-corrected chi connectivity index (χ2v) is 6.42. The summed E-state index contributed by atoms with van der Waals surface area (Å²) in [7, 11) is 0. The van der Waals surface area contributed by atoms with Crippen molar-refractivity contribution >= 4 is 17.4 Å². The monoisotopic (exact) mass is 366 g/mol. The summed E-state index contributed by atoms with van der Waals surface area (Å²) in [5.41, 5.74) is 3.46. The summed E-state index contributed by atoms with van der Waals surface area (Å²) < 4.78 is 11.7. The molecule has 1 atom stereocenters. The van der Waals surface area contributed by atoms with Gasteiger partial charge in [-0.2, -0.15) is 4.98 Å². The van der Waals surface area contributed by atoms with Crippen LogP contribution in [0, 0.1) is 0 Å². The molecule has 0 bridgehead atoms. The number of rotatable bonds is 4. The minimum absolute atomic E-state index is 0.389. The van der Waals surface area contributed by atoms with E-state index in [1.165, 1.54) is 11.8 Å². The van der Waals surface area contributed by atoms with E-state index in [1.54, 1.807) is 0 Å². The molecule has 0 fully saturated rings. The zero-order valence-corrected chi connectivity index (χ0v) is 15.3. The highest BCUT2D eigenvalue weighted by atomic mass is 32.2. The molecule has 6 nitrogen and oxygen atoms in total. The number of thioether (sulfide) groups is 1. The molecule has 4 rings (SSSR count). The molecule has 1 N–H and O–H groups in total. The van der Waals surface area contributed by atoms with Gasteiger partial charge in [0.15, 0.2) is 11.9 Å². The van der Waals surface area contributed by atoms with Crippen molar-refractivity contribution in [2.45, 2.75) is 18.3 Å². The zero-order chi connectivity index (χ0) is 17.9. The molecular formula is C19H18N4O2S. The first kappa shape index (κ1) is 16.7. The maximum Gasteiger partial charge on any atom is 0.247 e. The largest absolute Gasteiger partial charge is 0.494 e. The van der Waals surface area contributed by atoms with Crippen LogP contribution in [0.5, 0.6) is 11.6 Å². The summed E-state index contributed by atoms with van der Waals surface area (Å²) in [5.74, 6) is 1.31. The maximum atomic E-state index is 6.19. The molecule has 2 heterocycles. The van der Waals surface area contributed by atoms with Gasteiger partial charge in [0, 0.05) is 16.8 Å². The van der Waals surface area contributed by atoms with Gasteiger partial charge in [-0.05, 0) is 43.5 Å². The van der Waals surface area contributed by atoms with Crippen LogP contribution in [-0.4, -0.2) is 28.0 Å². The fourth-order valence-corrected chi connectivity index (χ4v) is 3.09. The predicted molar refractivity (Wildman–Crippen MR) is 102 cm³/mol. The van der Waals surface area contributed by atoms with Crippen LogP contribution < -0.4 is 14.8 Å². The third kappa shape index (κ3) is 3.17. The lowest BCUT2D eigenvalue weighted by Gasteiger charge is -2.19.